The van der Waals surface area contributed by atoms with Crippen molar-refractivity contribution in [2.45, 2.75) is 50.6 Å². The Morgan fingerprint density at radius 2 is 1.72 bits per heavy atom. The maximum atomic E-state index is 12.2. The number of aliphatic carboxylic acids is 1. The molecule has 0 spiro atoms. The number of carbonyl (C=O) groups excluding carboxylic acids is 2. The lowest BCUT2D eigenvalue weighted by atomic mass is 9.86. The zero-order valence-corrected chi connectivity index (χ0v) is 14.3. The molecule has 2 unspecified atom stereocenters. The summed E-state index contributed by atoms with van der Waals surface area (Å²) in [5.41, 5.74) is 6.37. The van der Waals surface area contributed by atoms with E-state index in [9.17, 15) is 14.4 Å². The Morgan fingerprint density at radius 1 is 1.12 bits per heavy atom. The number of amides is 3. The normalized spacial score (nSPS) is 22.4. The summed E-state index contributed by atoms with van der Waals surface area (Å²) in [7, 11) is 0. The molecule has 3 amide bonds. The lowest BCUT2D eigenvalue weighted by molar-refractivity contribution is -0.142. The molecule has 1 aliphatic carbocycles. The zero-order chi connectivity index (χ0) is 18.4. The average molecular weight is 347 g/mol. The minimum absolute atomic E-state index is 0.0869. The lowest BCUT2D eigenvalue weighted by Gasteiger charge is -2.28. The first kappa shape index (κ1) is 18.8. The van der Waals surface area contributed by atoms with Crippen LogP contribution >= 0.6 is 0 Å². The highest BCUT2D eigenvalue weighted by Crippen LogP contribution is 2.24. The van der Waals surface area contributed by atoms with Gasteiger partial charge in [-0.2, -0.15) is 0 Å². The second-order valence-corrected chi connectivity index (χ2v) is 6.58. The van der Waals surface area contributed by atoms with Crippen LogP contribution in [0, 0.1) is 5.92 Å². The smallest absolute Gasteiger partial charge is 0.315 e. The van der Waals surface area contributed by atoms with Gasteiger partial charge in [-0.1, -0.05) is 37.3 Å². The van der Waals surface area contributed by atoms with E-state index in [1.54, 1.807) is 0 Å². The topological polar surface area (TPSA) is 122 Å². The number of hydrogen-bond acceptors (Lipinski definition) is 3. The number of carbonyl (C=O) groups is 3. The van der Waals surface area contributed by atoms with Gasteiger partial charge < -0.3 is 21.5 Å². The van der Waals surface area contributed by atoms with E-state index in [0.29, 0.717) is 25.7 Å². The Kier molecular flexibility index (Phi) is 6.38. The fourth-order valence-corrected chi connectivity index (χ4v) is 3.24. The molecule has 5 N–H and O–H groups in total. The van der Waals surface area contributed by atoms with E-state index in [4.69, 9.17) is 10.8 Å². The van der Waals surface area contributed by atoms with Crippen molar-refractivity contribution in [1.82, 2.24) is 10.6 Å². The molecule has 7 heteroatoms. The summed E-state index contributed by atoms with van der Waals surface area (Å²) >= 11 is 0. The molecule has 0 saturated heterocycles. The standard InChI is InChI=1S/C18H25N3O4/c1-11(12-5-3-2-4-6-12)15(16(19)22)21-18(25)20-14-9-7-13(8-10-14)17(23)24/h2-6,11,13-15H,7-10H2,1H3,(H2,19,22)(H,23,24)(H2,20,21,25). The van der Waals surface area contributed by atoms with Crippen molar-refractivity contribution >= 4 is 17.9 Å². The summed E-state index contributed by atoms with van der Waals surface area (Å²) in [5, 5.41) is 14.5. The maximum Gasteiger partial charge on any atom is 0.315 e. The predicted molar refractivity (Wildman–Crippen MR) is 92.9 cm³/mol. The van der Waals surface area contributed by atoms with Crippen molar-refractivity contribution < 1.29 is 19.5 Å². The van der Waals surface area contributed by atoms with Gasteiger partial charge in [-0.15, -0.1) is 0 Å². The van der Waals surface area contributed by atoms with E-state index >= 15 is 0 Å². The molecular weight excluding hydrogens is 322 g/mol. The number of benzene rings is 1. The Balaban J connectivity index is 1.90. The number of rotatable bonds is 6. The van der Waals surface area contributed by atoms with Crippen LogP contribution in [0.5, 0.6) is 0 Å². The van der Waals surface area contributed by atoms with Gasteiger partial charge in [-0.3, -0.25) is 9.59 Å². The van der Waals surface area contributed by atoms with Crippen LogP contribution in [0.4, 0.5) is 4.79 Å². The van der Waals surface area contributed by atoms with Crippen LogP contribution in [0.25, 0.3) is 0 Å². The SMILES string of the molecule is CC(c1ccccc1)C(NC(=O)NC1CCC(C(=O)O)CC1)C(N)=O. The molecule has 136 valence electrons. The number of carboxylic acids is 1. The summed E-state index contributed by atoms with van der Waals surface area (Å²) in [5.74, 6) is -1.97. The summed E-state index contributed by atoms with van der Waals surface area (Å²) in [6.07, 6.45) is 2.31. The molecule has 0 aromatic heterocycles. The van der Waals surface area contributed by atoms with Crippen molar-refractivity contribution in [3.63, 3.8) is 0 Å². The molecule has 1 aromatic carbocycles. The van der Waals surface area contributed by atoms with Crippen molar-refractivity contribution in [2.75, 3.05) is 0 Å². The predicted octanol–water partition coefficient (Wildman–Crippen LogP) is 1.59. The van der Waals surface area contributed by atoms with E-state index in [0.717, 1.165) is 5.56 Å². The third-order valence-electron chi connectivity index (χ3n) is 4.83. The van der Waals surface area contributed by atoms with E-state index in [1.165, 1.54) is 0 Å². The van der Waals surface area contributed by atoms with Crippen molar-refractivity contribution in [3.8, 4) is 0 Å². The van der Waals surface area contributed by atoms with Crippen LogP contribution < -0.4 is 16.4 Å². The largest absolute Gasteiger partial charge is 0.481 e. The van der Waals surface area contributed by atoms with E-state index in [2.05, 4.69) is 10.6 Å². The average Bonchev–Trinajstić information content (AvgIpc) is 2.60. The monoisotopic (exact) mass is 347 g/mol. The number of carboxylic acid groups (broad SMARTS) is 1. The first-order valence-electron chi connectivity index (χ1n) is 8.52. The zero-order valence-electron chi connectivity index (χ0n) is 14.3. The first-order chi connectivity index (χ1) is 11.9. The quantitative estimate of drug-likeness (QED) is 0.624. The van der Waals surface area contributed by atoms with Gasteiger partial charge in [-0.25, -0.2) is 4.79 Å². The first-order valence-corrected chi connectivity index (χ1v) is 8.52. The molecule has 7 nitrogen and oxygen atoms in total. The Labute approximate surface area is 147 Å². The van der Waals surface area contributed by atoms with Gasteiger partial charge in [0.1, 0.15) is 6.04 Å². The molecule has 2 atom stereocenters. The van der Waals surface area contributed by atoms with Crippen LogP contribution in [0.15, 0.2) is 30.3 Å². The number of primary amides is 1. The van der Waals surface area contributed by atoms with Gasteiger partial charge in [0.05, 0.1) is 5.92 Å². The number of nitrogens with one attached hydrogen (secondary N) is 2. The summed E-state index contributed by atoms with van der Waals surface area (Å²) in [6.45, 7) is 1.84. The molecule has 0 bridgehead atoms. The molecule has 1 aromatic rings. The molecule has 25 heavy (non-hydrogen) atoms. The van der Waals surface area contributed by atoms with Gasteiger partial charge in [0.15, 0.2) is 0 Å². The summed E-state index contributed by atoms with van der Waals surface area (Å²) in [4.78, 5) is 35.0. The molecule has 1 aliphatic rings. The Morgan fingerprint density at radius 3 is 2.24 bits per heavy atom. The van der Waals surface area contributed by atoms with E-state index in [-0.39, 0.29) is 17.9 Å². The number of hydrogen-bond donors (Lipinski definition) is 4. The van der Waals surface area contributed by atoms with Crippen LogP contribution in [0.2, 0.25) is 0 Å². The Hall–Kier alpha value is -2.57. The lowest BCUT2D eigenvalue weighted by Crippen LogP contribution is -2.53. The highest BCUT2D eigenvalue weighted by atomic mass is 16.4. The van der Waals surface area contributed by atoms with Gasteiger partial charge in [0, 0.05) is 12.0 Å². The second-order valence-electron chi connectivity index (χ2n) is 6.58. The van der Waals surface area contributed by atoms with E-state index < -0.39 is 23.9 Å². The minimum atomic E-state index is -0.822. The molecule has 1 saturated carbocycles. The maximum absolute atomic E-state index is 12.2. The summed E-state index contributed by atoms with van der Waals surface area (Å²) < 4.78 is 0. The van der Waals surface area contributed by atoms with Crippen molar-refractivity contribution in [2.24, 2.45) is 11.7 Å². The number of nitrogens with two attached hydrogens (primary N) is 1. The molecule has 0 heterocycles. The number of urea groups is 1. The molecular formula is C18H25N3O4. The minimum Gasteiger partial charge on any atom is -0.481 e. The van der Waals surface area contributed by atoms with Gasteiger partial charge in [0.25, 0.3) is 0 Å². The highest BCUT2D eigenvalue weighted by molar-refractivity contribution is 5.86. The van der Waals surface area contributed by atoms with Crippen molar-refractivity contribution in [1.29, 1.82) is 0 Å². The van der Waals surface area contributed by atoms with Gasteiger partial charge in [0.2, 0.25) is 5.91 Å². The molecule has 0 aliphatic heterocycles. The van der Waals surface area contributed by atoms with Gasteiger partial charge in [-0.05, 0) is 31.2 Å². The van der Waals surface area contributed by atoms with Crippen LogP contribution in [-0.2, 0) is 9.59 Å². The van der Waals surface area contributed by atoms with Crippen LogP contribution in [0.3, 0.4) is 0 Å². The third kappa shape index (κ3) is 5.20. The van der Waals surface area contributed by atoms with E-state index in [1.807, 2.05) is 37.3 Å². The molecule has 1 fully saturated rings. The van der Waals surface area contributed by atoms with Gasteiger partial charge >= 0.3 is 12.0 Å². The van der Waals surface area contributed by atoms with Crippen LogP contribution in [0.1, 0.15) is 44.1 Å². The summed E-state index contributed by atoms with van der Waals surface area (Å²) in [6, 6.07) is 8.01. The third-order valence-corrected chi connectivity index (χ3v) is 4.83. The second kappa shape index (κ2) is 8.50. The molecule has 0 radical (unpaired) electrons. The molecule has 2 rings (SSSR count). The van der Waals surface area contributed by atoms with Crippen LogP contribution in [-0.4, -0.2) is 35.1 Å². The highest BCUT2D eigenvalue weighted by Gasteiger charge is 2.29. The van der Waals surface area contributed by atoms with Crippen molar-refractivity contribution in [3.05, 3.63) is 35.9 Å². The fourth-order valence-electron chi connectivity index (χ4n) is 3.24. The fraction of sp³-hybridized carbons (Fsp3) is 0.500. The Bertz CT molecular complexity index is 612.